The molecule has 3 amide bonds. The smallest absolute Gasteiger partial charge is 0.319 e. The second kappa shape index (κ2) is 6.45. The van der Waals surface area contributed by atoms with Gasteiger partial charge in [-0.15, -0.1) is 0 Å². The molecule has 1 aliphatic heterocycles. The second-order valence-corrected chi connectivity index (χ2v) is 6.42. The Labute approximate surface area is 151 Å². The molecule has 0 saturated carbocycles. The Morgan fingerprint density at radius 1 is 1.12 bits per heavy atom. The van der Waals surface area contributed by atoms with E-state index in [-0.39, 0.29) is 12.3 Å². The lowest BCUT2D eigenvalue weighted by Gasteiger charge is -2.22. The number of urea groups is 1. The molecule has 1 saturated heterocycles. The standard InChI is InChI=1S/C20H17N3O3/c1-13-3-7-15(8-4-13)17(24)12-23-18(25)20(2,22-19(23)26)16-9-5-14(11-21)6-10-16/h3-10H,12H2,1-2H3,(H,22,26). The molecule has 0 bridgehead atoms. The zero-order chi connectivity index (χ0) is 18.9. The number of aryl methyl sites for hydroxylation is 1. The number of Topliss-reactive ketones (excluding diaryl/α,β-unsaturated/α-hetero) is 1. The third-order valence-corrected chi connectivity index (χ3v) is 4.54. The molecule has 1 aliphatic rings. The third kappa shape index (κ3) is 2.95. The van der Waals surface area contributed by atoms with Gasteiger partial charge in [0.2, 0.25) is 0 Å². The molecule has 3 rings (SSSR count). The fourth-order valence-corrected chi connectivity index (χ4v) is 2.89. The van der Waals surface area contributed by atoms with Crippen molar-refractivity contribution >= 4 is 17.7 Å². The summed E-state index contributed by atoms with van der Waals surface area (Å²) in [6, 6.07) is 14.8. The Morgan fingerprint density at radius 3 is 2.31 bits per heavy atom. The van der Waals surface area contributed by atoms with Crippen LogP contribution >= 0.6 is 0 Å². The van der Waals surface area contributed by atoms with Gasteiger partial charge < -0.3 is 5.32 Å². The van der Waals surface area contributed by atoms with Gasteiger partial charge in [0.05, 0.1) is 18.2 Å². The SMILES string of the molecule is Cc1ccc(C(=O)CN2C(=O)NC(C)(c3ccc(C#N)cc3)C2=O)cc1. The molecule has 6 heteroatoms. The molecule has 0 spiro atoms. The summed E-state index contributed by atoms with van der Waals surface area (Å²) >= 11 is 0. The summed E-state index contributed by atoms with van der Waals surface area (Å²) in [6.45, 7) is 3.18. The van der Waals surface area contributed by atoms with E-state index >= 15 is 0 Å². The van der Waals surface area contributed by atoms with Crippen molar-refractivity contribution in [1.82, 2.24) is 10.2 Å². The highest BCUT2D eigenvalue weighted by molar-refractivity contribution is 6.11. The molecular weight excluding hydrogens is 330 g/mol. The molecule has 130 valence electrons. The van der Waals surface area contributed by atoms with Crippen LogP contribution in [-0.2, 0) is 10.3 Å². The topological polar surface area (TPSA) is 90.3 Å². The first kappa shape index (κ1) is 17.4. The first-order valence-corrected chi connectivity index (χ1v) is 8.10. The lowest BCUT2D eigenvalue weighted by Crippen LogP contribution is -2.41. The lowest BCUT2D eigenvalue weighted by atomic mass is 9.91. The quantitative estimate of drug-likeness (QED) is 0.680. The van der Waals surface area contributed by atoms with E-state index in [2.05, 4.69) is 5.32 Å². The van der Waals surface area contributed by atoms with E-state index < -0.39 is 17.5 Å². The van der Waals surface area contributed by atoms with Gasteiger partial charge in [-0.25, -0.2) is 4.79 Å². The molecule has 1 N–H and O–H groups in total. The predicted octanol–water partition coefficient (Wildman–Crippen LogP) is 2.52. The maximum atomic E-state index is 12.8. The average Bonchev–Trinajstić information content (AvgIpc) is 2.86. The Balaban J connectivity index is 1.83. The number of nitrogens with zero attached hydrogens (tertiary/aromatic N) is 2. The molecule has 6 nitrogen and oxygen atoms in total. The zero-order valence-electron chi connectivity index (χ0n) is 14.4. The first-order chi connectivity index (χ1) is 12.3. The number of hydrogen-bond acceptors (Lipinski definition) is 4. The van der Waals surface area contributed by atoms with E-state index in [9.17, 15) is 14.4 Å². The van der Waals surface area contributed by atoms with Crippen LogP contribution in [-0.4, -0.2) is 29.2 Å². The van der Waals surface area contributed by atoms with Gasteiger partial charge in [-0.3, -0.25) is 14.5 Å². The van der Waals surface area contributed by atoms with Crippen LogP contribution in [0.15, 0.2) is 48.5 Å². The van der Waals surface area contributed by atoms with Crippen molar-refractivity contribution in [3.8, 4) is 6.07 Å². The van der Waals surface area contributed by atoms with Crippen LogP contribution < -0.4 is 5.32 Å². The van der Waals surface area contributed by atoms with Crippen LogP contribution in [0.2, 0.25) is 0 Å². The number of nitriles is 1. The van der Waals surface area contributed by atoms with Crippen LogP contribution in [0.5, 0.6) is 0 Å². The number of imide groups is 1. The summed E-state index contributed by atoms with van der Waals surface area (Å²) in [7, 11) is 0. The van der Waals surface area contributed by atoms with Crippen molar-refractivity contribution in [2.45, 2.75) is 19.4 Å². The maximum Gasteiger partial charge on any atom is 0.325 e. The van der Waals surface area contributed by atoms with Gasteiger partial charge in [-0.1, -0.05) is 42.0 Å². The second-order valence-electron chi connectivity index (χ2n) is 6.42. The van der Waals surface area contributed by atoms with E-state index in [4.69, 9.17) is 5.26 Å². The minimum Gasteiger partial charge on any atom is -0.319 e. The number of benzene rings is 2. The van der Waals surface area contributed by atoms with E-state index in [1.54, 1.807) is 55.5 Å². The molecule has 2 aromatic rings. The molecule has 1 atom stereocenters. The van der Waals surface area contributed by atoms with Gasteiger partial charge in [0, 0.05) is 5.56 Å². The van der Waals surface area contributed by atoms with Crippen molar-refractivity contribution in [1.29, 1.82) is 5.26 Å². The summed E-state index contributed by atoms with van der Waals surface area (Å²) in [4.78, 5) is 38.5. The molecule has 1 unspecified atom stereocenters. The first-order valence-electron chi connectivity index (χ1n) is 8.10. The number of rotatable bonds is 4. The van der Waals surface area contributed by atoms with E-state index in [1.807, 2.05) is 13.0 Å². The lowest BCUT2D eigenvalue weighted by molar-refractivity contribution is -0.130. The number of hydrogen-bond donors (Lipinski definition) is 1. The van der Waals surface area contributed by atoms with Crippen molar-refractivity contribution in [3.63, 3.8) is 0 Å². The normalized spacial score (nSPS) is 19.2. The number of nitrogens with one attached hydrogen (secondary N) is 1. The van der Waals surface area contributed by atoms with Crippen molar-refractivity contribution in [2.24, 2.45) is 0 Å². The van der Waals surface area contributed by atoms with Gasteiger partial charge in [0.25, 0.3) is 5.91 Å². The molecule has 26 heavy (non-hydrogen) atoms. The summed E-state index contributed by atoms with van der Waals surface area (Å²) in [6.07, 6.45) is 0. The van der Waals surface area contributed by atoms with Crippen molar-refractivity contribution < 1.29 is 14.4 Å². The Kier molecular flexibility index (Phi) is 4.31. The Morgan fingerprint density at radius 2 is 1.73 bits per heavy atom. The van der Waals surface area contributed by atoms with E-state index in [1.165, 1.54) is 0 Å². The molecule has 0 aromatic heterocycles. The van der Waals surface area contributed by atoms with Gasteiger partial charge in [-0.05, 0) is 31.5 Å². The highest BCUT2D eigenvalue weighted by Crippen LogP contribution is 2.29. The summed E-state index contributed by atoms with van der Waals surface area (Å²) in [5.74, 6) is -0.801. The molecule has 1 heterocycles. The minimum absolute atomic E-state index is 0.308. The minimum atomic E-state index is -1.27. The van der Waals surface area contributed by atoms with Gasteiger partial charge >= 0.3 is 6.03 Å². The molecule has 0 radical (unpaired) electrons. The summed E-state index contributed by atoms with van der Waals surface area (Å²) in [5.41, 5.74) is 1.22. The fraction of sp³-hybridized carbons (Fsp3) is 0.200. The monoisotopic (exact) mass is 347 g/mol. The third-order valence-electron chi connectivity index (χ3n) is 4.54. The predicted molar refractivity (Wildman–Crippen MR) is 94.3 cm³/mol. The highest BCUT2D eigenvalue weighted by atomic mass is 16.2. The summed E-state index contributed by atoms with van der Waals surface area (Å²) in [5, 5.41) is 11.5. The summed E-state index contributed by atoms with van der Waals surface area (Å²) < 4.78 is 0. The average molecular weight is 347 g/mol. The Bertz CT molecular complexity index is 926. The number of amides is 3. The van der Waals surface area contributed by atoms with Crippen LogP contribution in [0.4, 0.5) is 4.79 Å². The zero-order valence-corrected chi connectivity index (χ0v) is 14.4. The molecule has 2 aromatic carbocycles. The molecular formula is C20H17N3O3. The number of carbonyl (C=O) groups excluding carboxylic acids is 3. The van der Waals surface area contributed by atoms with Gasteiger partial charge in [0.15, 0.2) is 5.78 Å². The van der Waals surface area contributed by atoms with Gasteiger partial charge in [0.1, 0.15) is 5.54 Å². The largest absolute Gasteiger partial charge is 0.325 e. The van der Waals surface area contributed by atoms with Crippen LogP contribution in [0, 0.1) is 18.3 Å². The fourth-order valence-electron chi connectivity index (χ4n) is 2.89. The van der Waals surface area contributed by atoms with Crippen molar-refractivity contribution in [3.05, 3.63) is 70.8 Å². The van der Waals surface area contributed by atoms with Crippen LogP contribution in [0.25, 0.3) is 0 Å². The highest BCUT2D eigenvalue weighted by Gasteiger charge is 2.49. The molecule has 0 aliphatic carbocycles. The van der Waals surface area contributed by atoms with Crippen LogP contribution in [0.3, 0.4) is 0 Å². The van der Waals surface area contributed by atoms with Crippen molar-refractivity contribution in [2.75, 3.05) is 6.54 Å². The Hall–Kier alpha value is -3.46. The maximum absolute atomic E-state index is 12.8. The van der Waals surface area contributed by atoms with Gasteiger partial charge in [-0.2, -0.15) is 5.26 Å². The van der Waals surface area contributed by atoms with Crippen LogP contribution in [0.1, 0.15) is 34.0 Å². The molecule has 1 fully saturated rings. The van der Waals surface area contributed by atoms with E-state index in [0.717, 1.165) is 10.5 Å². The number of ketones is 1. The number of carbonyl (C=O) groups is 3. The van der Waals surface area contributed by atoms with E-state index in [0.29, 0.717) is 16.7 Å².